The lowest BCUT2D eigenvalue weighted by Gasteiger charge is -2.19. The largest absolute Gasteiger partial charge is 0.476 e. The van der Waals surface area contributed by atoms with Crippen molar-refractivity contribution in [2.24, 2.45) is 0 Å². The third-order valence-electron chi connectivity index (χ3n) is 2.47. The molecule has 1 aromatic rings. The Kier molecular flexibility index (Phi) is 6.10. The summed E-state index contributed by atoms with van der Waals surface area (Å²) in [5, 5.41) is 13.3. The van der Waals surface area contributed by atoms with Gasteiger partial charge in [-0.3, -0.25) is 4.79 Å². The van der Waals surface area contributed by atoms with Gasteiger partial charge in [-0.15, -0.1) is 11.3 Å². The molecule has 2 N–H and O–H groups in total. The zero-order valence-corrected chi connectivity index (χ0v) is 12.8. The van der Waals surface area contributed by atoms with Crippen molar-refractivity contribution in [1.82, 2.24) is 15.2 Å². The number of aromatic nitrogens is 1. The standard InChI is InChI=1S/C12H17N3O5S/c1-4-20-9(16)5-15(3)12(19)13-7(2)10-14-8(6-21-10)11(17)18/h6-7H,4-5H2,1-3H3,(H,13,19)(H,17,18). The van der Waals surface area contributed by atoms with Gasteiger partial charge in [-0.1, -0.05) is 0 Å². The molecule has 1 atom stereocenters. The zero-order valence-electron chi connectivity index (χ0n) is 12.0. The van der Waals surface area contributed by atoms with Crippen molar-refractivity contribution in [3.8, 4) is 0 Å². The number of likely N-dealkylation sites (N-methyl/N-ethyl adjacent to an activating group) is 1. The summed E-state index contributed by atoms with van der Waals surface area (Å²) in [5.41, 5.74) is -0.0593. The molecule has 0 aromatic carbocycles. The second-order valence-corrected chi connectivity index (χ2v) is 5.10. The number of carbonyl (C=O) groups excluding carboxylic acids is 2. The zero-order chi connectivity index (χ0) is 16.0. The Hall–Kier alpha value is -2.16. The summed E-state index contributed by atoms with van der Waals surface area (Å²) in [6.07, 6.45) is 0. The van der Waals surface area contributed by atoms with E-state index in [0.717, 1.165) is 11.3 Å². The first kappa shape index (κ1) is 16.9. The van der Waals surface area contributed by atoms with Crippen LogP contribution < -0.4 is 5.32 Å². The Labute approximate surface area is 125 Å². The molecule has 9 heteroatoms. The summed E-state index contributed by atoms with van der Waals surface area (Å²) in [4.78, 5) is 39.0. The average Bonchev–Trinajstić information content (AvgIpc) is 2.88. The normalized spacial score (nSPS) is 11.6. The number of rotatable bonds is 6. The predicted molar refractivity (Wildman–Crippen MR) is 75.3 cm³/mol. The molecule has 0 aliphatic heterocycles. The number of hydrogen-bond acceptors (Lipinski definition) is 6. The maximum Gasteiger partial charge on any atom is 0.355 e. The number of carboxylic acid groups (broad SMARTS) is 1. The number of nitrogens with one attached hydrogen (secondary N) is 1. The van der Waals surface area contributed by atoms with Crippen LogP contribution in [0.1, 0.15) is 35.4 Å². The van der Waals surface area contributed by atoms with Crippen LogP contribution in [0.2, 0.25) is 0 Å². The fourth-order valence-electron chi connectivity index (χ4n) is 1.41. The maximum atomic E-state index is 11.9. The predicted octanol–water partition coefficient (Wildman–Crippen LogP) is 1.11. The number of urea groups is 1. The topological polar surface area (TPSA) is 109 Å². The van der Waals surface area contributed by atoms with Crippen molar-refractivity contribution in [1.29, 1.82) is 0 Å². The van der Waals surface area contributed by atoms with Crippen LogP contribution >= 0.6 is 11.3 Å². The molecule has 0 saturated heterocycles. The van der Waals surface area contributed by atoms with E-state index in [9.17, 15) is 14.4 Å². The van der Waals surface area contributed by atoms with Gasteiger partial charge >= 0.3 is 18.0 Å². The van der Waals surface area contributed by atoms with Gasteiger partial charge in [0.2, 0.25) is 0 Å². The van der Waals surface area contributed by atoms with E-state index in [2.05, 4.69) is 10.3 Å². The van der Waals surface area contributed by atoms with E-state index in [1.807, 2.05) is 0 Å². The first-order chi connectivity index (χ1) is 9.85. The molecule has 0 saturated carbocycles. The number of carbonyl (C=O) groups is 3. The summed E-state index contributed by atoms with van der Waals surface area (Å²) >= 11 is 1.14. The number of hydrogen-bond donors (Lipinski definition) is 2. The van der Waals surface area contributed by atoms with E-state index >= 15 is 0 Å². The van der Waals surface area contributed by atoms with Gasteiger partial charge in [-0.05, 0) is 13.8 Å². The number of esters is 1. The molecule has 0 aliphatic rings. The molecule has 8 nitrogen and oxygen atoms in total. The highest BCUT2D eigenvalue weighted by Gasteiger charge is 2.19. The Balaban J connectivity index is 2.56. The van der Waals surface area contributed by atoms with Gasteiger partial charge < -0.3 is 20.1 Å². The van der Waals surface area contributed by atoms with Crippen LogP contribution in [-0.4, -0.2) is 53.2 Å². The lowest BCUT2D eigenvalue weighted by molar-refractivity contribution is -0.143. The molecule has 21 heavy (non-hydrogen) atoms. The lowest BCUT2D eigenvalue weighted by atomic mass is 10.3. The summed E-state index contributed by atoms with van der Waals surface area (Å²) in [6.45, 7) is 3.45. The summed E-state index contributed by atoms with van der Waals surface area (Å²) in [6, 6.07) is -0.928. The molecular formula is C12H17N3O5S. The van der Waals surface area contributed by atoms with E-state index in [1.165, 1.54) is 17.3 Å². The monoisotopic (exact) mass is 315 g/mol. The smallest absolute Gasteiger partial charge is 0.355 e. The molecule has 0 radical (unpaired) electrons. The van der Waals surface area contributed by atoms with Crippen LogP contribution in [0, 0.1) is 0 Å². The highest BCUT2D eigenvalue weighted by molar-refractivity contribution is 7.09. The van der Waals surface area contributed by atoms with Crippen LogP contribution in [0.25, 0.3) is 0 Å². The number of thiazole rings is 1. The molecule has 0 spiro atoms. The molecule has 1 heterocycles. The Morgan fingerprint density at radius 1 is 1.52 bits per heavy atom. The van der Waals surface area contributed by atoms with Gasteiger partial charge in [-0.25, -0.2) is 14.6 Å². The van der Waals surface area contributed by atoms with Crippen molar-refractivity contribution in [3.05, 3.63) is 16.1 Å². The SMILES string of the molecule is CCOC(=O)CN(C)C(=O)NC(C)c1nc(C(=O)O)cs1. The minimum atomic E-state index is -1.12. The first-order valence-electron chi connectivity index (χ1n) is 6.21. The average molecular weight is 315 g/mol. The molecule has 1 unspecified atom stereocenters. The van der Waals surface area contributed by atoms with Crippen molar-refractivity contribution < 1.29 is 24.2 Å². The van der Waals surface area contributed by atoms with Crippen molar-refractivity contribution >= 4 is 29.3 Å². The number of nitrogens with zero attached hydrogens (tertiary/aromatic N) is 2. The molecule has 0 aliphatic carbocycles. The molecule has 0 bridgehead atoms. The third kappa shape index (κ3) is 5.03. The number of aromatic carboxylic acids is 1. The van der Waals surface area contributed by atoms with Crippen molar-refractivity contribution in [2.75, 3.05) is 20.2 Å². The number of carboxylic acids is 1. The van der Waals surface area contributed by atoms with Gasteiger partial charge in [0, 0.05) is 12.4 Å². The van der Waals surface area contributed by atoms with E-state index < -0.39 is 24.0 Å². The Bertz CT molecular complexity index is 531. The van der Waals surface area contributed by atoms with Crippen LogP contribution in [0.15, 0.2) is 5.38 Å². The van der Waals surface area contributed by atoms with Gasteiger partial charge in [0.1, 0.15) is 11.6 Å². The molecule has 116 valence electrons. The third-order valence-corrected chi connectivity index (χ3v) is 3.50. The van der Waals surface area contributed by atoms with Crippen molar-refractivity contribution in [2.45, 2.75) is 19.9 Å². The maximum absolute atomic E-state index is 11.9. The first-order valence-corrected chi connectivity index (χ1v) is 7.09. The van der Waals surface area contributed by atoms with Crippen LogP contribution in [0.5, 0.6) is 0 Å². The second-order valence-electron chi connectivity index (χ2n) is 4.21. The second kappa shape index (κ2) is 7.58. The van der Waals surface area contributed by atoms with E-state index in [1.54, 1.807) is 13.8 Å². The Morgan fingerprint density at radius 3 is 2.71 bits per heavy atom. The van der Waals surface area contributed by atoms with Gasteiger partial charge in [0.05, 0.1) is 12.6 Å². The highest BCUT2D eigenvalue weighted by atomic mass is 32.1. The molecule has 2 amide bonds. The summed E-state index contributed by atoms with van der Waals surface area (Å²) in [5.74, 6) is -1.61. The fraction of sp³-hybridized carbons (Fsp3) is 0.500. The van der Waals surface area contributed by atoms with Gasteiger partial charge in [-0.2, -0.15) is 0 Å². The minimum Gasteiger partial charge on any atom is -0.476 e. The van der Waals surface area contributed by atoms with Gasteiger partial charge in [0.15, 0.2) is 5.69 Å². The summed E-state index contributed by atoms with van der Waals surface area (Å²) < 4.78 is 4.75. The number of amides is 2. The molecule has 0 fully saturated rings. The quantitative estimate of drug-likeness (QED) is 0.761. The highest BCUT2D eigenvalue weighted by Crippen LogP contribution is 2.18. The van der Waals surface area contributed by atoms with Crippen molar-refractivity contribution in [3.63, 3.8) is 0 Å². The Morgan fingerprint density at radius 2 is 2.19 bits per heavy atom. The van der Waals surface area contributed by atoms with Crippen LogP contribution in [0.4, 0.5) is 4.79 Å². The molecule has 1 rings (SSSR count). The summed E-state index contributed by atoms with van der Waals surface area (Å²) in [7, 11) is 1.46. The van der Waals surface area contributed by atoms with E-state index in [4.69, 9.17) is 9.84 Å². The van der Waals surface area contributed by atoms with Crippen LogP contribution in [-0.2, 0) is 9.53 Å². The number of ether oxygens (including phenoxy) is 1. The van der Waals surface area contributed by atoms with Crippen LogP contribution in [0.3, 0.4) is 0 Å². The fourth-order valence-corrected chi connectivity index (χ4v) is 2.21. The van der Waals surface area contributed by atoms with E-state index in [0.29, 0.717) is 5.01 Å². The minimum absolute atomic E-state index is 0.0593. The van der Waals surface area contributed by atoms with Gasteiger partial charge in [0.25, 0.3) is 0 Å². The van der Waals surface area contributed by atoms with E-state index in [-0.39, 0.29) is 18.8 Å². The molecule has 1 aromatic heterocycles. The lowest BCUT2D eigenvalue weighted by Crippen LogP contribution is -2.41. The molecular weight excluding hydrogens is 298 g/mol.